The van der Waals surface area contributed by atoms with Crippen molar-refractivity contribution in [3.05, 3.63) is 24.3 Å². The van der Waals surface area contributed by atoms with Gasteiger partial charge in [0.1, 0.15) is 5.75 Å². The molecule has 2 atom stereocenters. The van der Waals surface area contributed by atoms with Gasteiger partial charge >= 0.3 is 0 Å². The molecule has 1 aliphatic carbocycles. The van der Waals surface area contributed by atoms with Crippen molar-refractivity contribution in [2.24, 2.45) is 5.92 Å². The number of aliphatic hydroxyl groups is 1. The normalized spacial score (nSPS) is 25.4. The highest BCUT2D eigenvalue weighted by Gasteiger charge is 2.25. The largest absolute Gasteiger partial charge is 0.490 e. The Morgan fingerprint density at radius 1 is 1.27 bits per heavy atom. The van der Waals surface area contributed by atoms with Crippen LogP contribution in [0.3, 0.4) is 0 Å². The van der Waals surface area contributed by atoms with E-state index in [-0.39, 0.29) is 12.7 Å². The smallest absolute Gasteiger partial charge is 0.119 e. The summed E-state index contributed by atoms with van der Waals surface area (Å²) in [6.07, 6.45) is 3.32. The van der Waals surface area contributed by atoms with Crippen molar-refractivity contribution < 1.29 is 9.84 Å². The second-order valence-electron chi connectivity index (χ2n) is 4.17. The lowest BCUT2D eigenvalue weighted by Gasteiger charge is -2.13. The molecule has 15 heavy (non-hydrogen) atoms. The summed E-state index contributed by atoms with van der Waals surface area (Å²) < 4.78 is 5.80. The summed E-state index contributed by atoms with van der Waals surface area (Å²) in [5, 5.41) is 9.01. The Hall–Kier alpha value is -1.22. The van der Waals surface area contributed by atoms with Crippen LogP contribution < -0.4 is 10.5 Å². The average Bonchev–Trinajstić information content (AvgIpc) is 2.69. The van der Waals surface area contributed by atoms with Crippen LogP contribution in [0.4, 0.5) is 5.69 Å². The fraction of sp³-hybridized carbons (Fsp3) is 0.500. The van der Waals surface area contributed by atoms with Gasteiger partial charge in [-0.2, -0.15) is 0 Å². The van der Waals surface area contributed by atoms with E-state index in [0.29, 0.717) is 5.92 Å². The summed E-state index contributed by atoms with van der Waals surface area (Å²) in [5.41, 5.74) is 6.34. The molecule has 1 aromatic rings. The summed E-state index contributed by atoms with van der Waals surface area (Å²) in [6.45, 7) is 0.279. The third kappa shape index (κ3) is 2.63. The minimum absolute atomic E-state index is 0.255. The SMILES string of the molecule is Nc1ccc(OC2CCC(CO)C2)cc1. The first-order valence-corrected chi connectivity index (χ1v) is 5.41. The molecule has 2 unspecified atom stereocenters. The van der Waals surface area contributed by atoms with Gasteiger partial charge in [-0.1, -0.05) is 0 Å². The molecule has 1 saturated carbocycles. The highest BCUT2D eigenvalue weighted by molar-refractivity contribution is 5.41. The Balaban J connectivity index is 1.90. The number of ether oxygens (including phenoxy) is 1. The Morgan fingerprint density at radius 2 is 2.00 bits per heavy atom. The number of rotatable bonds is 3. The molecule has 0 saturated heterocycles. The van der Waals surface area contributed by atoms with Gasteiger partial charge in [-0.25, -0.2) is 0 Å². The van der Waals surface area contributed by atoms with E-state index in [0.717, 1.165) is 30.7 Å². The van der Waals surface area contributed by atoms with Crippen LogP contribution in [0.25, 0.3) is 0 Å². The molecular weight excluding hydrogens is 190 g/mol. The molecule has 0 heterocycles. The second-order valence-corrected chi connectivity index (χ2v) is 4.17. The Labute approximate surface area is 89.9 Å². The molecule has 1 fully saturated rings. The number of nitrogens with two attached hydrogens (primary N) is 1. The van der Waals surface area contributed by atoms with E-state index in [1.54, 1.807) is 0 Å². The predicted molar refractivity (Wildman–Crippen MR) is 59.7 cm³/mol. The molecule has 3 N–H and O–H groups in total. The van der Waals surface area contributed by atoms with Gasteiger partial charge in [0.05, 0.1) is 6.10 Å². The van der Waals surface area contributed by atoms with Gasteiger partial charge in [-0.3, -0.25) is 0 Å². The van der Waals surface area contributed by atoms with E-state index >= 15 is 0 Å². The van der Waals surface area contributed by atoms with E-state index in [2.05, 4.69) is 0 Å². The van der Waals surface area contributed by atoms with Gasteiger partial charge in [0, 0.05) is 12.3 Å². The first-order chi connectivity index (χ1) is 7.28. The van der Waals surface area contributed by atoms with Crippen LogP contribution in [0.15, 0.2) is 24.3 Å². The van der Waals surface area contributed by atoms with Gasteiger partial charge in [-0.05, 0) is 49.4 Å². The number of hydrogen-bond acceptors (Lipinski definition) is 3. The van der Waals surface area contributed by atoms with Gasteiger partial charge in [0.15, 0.2) is 0 Å². The van der Waals surface area contributed by atoms with Gasteiger partial charge in [0.2, 0.25) is 0 Å². The van der Waals surface area contributed by atoms with Crippen LogP contribution in [0, 0.1) is 5.92 Å². The highest BCUT2D eigenvalue weighted by Crippen LogP contribution is 2.28. The van der Waals surface area contributed by atoms with Crippen molar-refractivity contribution >= 4 is 5.69 Å². The molecule has 0 bridgehead atoms. The molecule has 3 nitrogen and oxygen atoms in total. The molecule has 1 aliphatic rings. The zero-order valence-corrected chi connectivity index (χ0v) is 8.73. The molecule has 82 valence electrons. The maximum Gasteiger partial charge on any atom is 0.119 e. The Kier molecular flexibility index (Phi) is 3.11. The number of nitrogen functional groups attached to an aromatic ring is 1. The lowest BCUT2D eigenvalue weighted by Crippen LogP contribution is -2.13. The van der Waals surface area contributed by atoms with E-state index < -0.39 is 0 Å². The van der Waals surface area contributed by atoms with Crippen LogP contribution in [-0.2, 0) is 0 Å². The molecule has 0 spiro atoms. The monoisotopic (exact) mass is 207 g/mol. The van der Waals surface area contributed by atoms with Crippen LogP contribution >= 0.6 is 0 Å². The number of benzene rings is 1. The van der Waals surface area contributed by atoms with Crippen molar-refractivity contribution in [2.45, 2.75) is 25.4 Å². The molecule has 3 heteroatoms. The average molecular weight is 207 g/mol. The minimum Gasteiger partial charge on any atom is -0.490 e. The first-order valence-electron chi connectivity index (χ1n) is 5.41. The van der Waals surface area contributed by atoms with Crippen molar-refractivity contribution in [1.82, 2.24) is 0 Å². The van der Waals surface area contributed by atoms with Crippen LogP contribution in [0.2, 0.25) is 0 Å². The molecular formula is C12H17NO2. The quantitative estimate of drug-likeness (QED) is 0.743. The minimum atomic E-state index is 0.255. The molecule has 0 aliphatic heterocycles. The summed E-state index contributed by atoms with van der Waals surface area (Å²) in [7, 11) is 0. The molecule has 2 rings (SSSR count). The second kappa shape index (κ2) is 4.53. The van der Waals surface area contributed by atoms with Gasteiger partial charge < -0.3 is 15.6 Å². The van der Waals surface area contributed by atoms with Gasteiger partial charge in [0.25, 0.3) is 0 Å². The zero-order valence-electron chi connectivity index (χ0n) is 8.73. The Morgan fingerprint density at radius 3 is 2.60 bits per heavy atom. The van der Waals surface area contributed by atoms with Crippen molar-refractivity contribution in [3.8, 4) is 5.75 Å². The number of hydrogen-bond donors (Lipinski definition) is 2. The maximum atomic E-state index is 9.01. The molecule has 0 amide bonds. The highest BCUT2D eigenvalue weighted by atomic mass is 16.5. The predicted octanol–water partition coefficient (Wildman–Crippen LogP) is 1.81. The zero-order chi connectivity index (χ0) is 10.7. The summed E-state index contributed by atoms with van der Waals surface area (Å²) >= 11 is 0. The summed E-state index contributed by atoms with van der Waals surface area (Å²) in [4.78, 5) is 0. The summed E-state index contributed by atoms with van der Waals surface area (Å²) in [5.74, 6) is 1.29. The summed E-state index contributed by atoms with van der Waals surface area (Å²) in [6, 6.07) is 7.46. The lowest BCUT2D eigenvalue weighted by atomic mass is 10.1. The van der Waals surface area contributed by atoms with Crippen LogP contribution in [0.5, 0.6) is 5.75 Å². The fourth-order valence-corrected chi connectivity index (χ4v) is 2.04. The Bertz CT molecular complexity index is 310. The van der Waals surface area contributed by atoms with E-state index in [4.69, 9.17) is 15.6 Å². The molecule has 0 aromatic heterocycles. The first kappa shape index (κ1) is 10.3. The van der Waals surface area contributed by atoms with Crippen molar-refractivity contribution in [2.75, 3.05) is 12.3 Å². The lowest BCUT2D eigenvalue weighted by molar-refractivity contribution is 0.183. The number of aliphatic hydroxyl groups excluding tert-OH is 1. The van der Waals surface area contributed by atoms with Crippen molar-refractivity contribution in [3.63, 3.8) is 0 Å². The van der Waals surface area contributed by atoms with Crippen molar-refractivity contribution in [1.29, 1.82) is 0 Å². The molecule has 0 radical (unpaired) electrons. The van der Waals surface area contributed by atoms with E-state index in [9.17, 15) is 0 Å². The third-order valence-corrected chi connectivity index (χ3v) is 2.93. The van der Waals surface area contributed by atoms with Gasteiger partial charge in [-0.15, -0.1) is 0 Å². The third-order valence-electron chi connectivity index (χ3n) is 2.93. The standard InChI is InChI=1S/C12H17NO2/c13-10-2-5-11(6-3-10)15-12-4-1-9(7-12)8-14/h2-3,5-6,9,12,14H,1,4,7-8,13H2. The fourth-order valence-electron chi connectivity index (χ4n) is 2.04. The maximum absolute atomic E-state index is 9.01. The number of anilines is 1. The molecule has 1 aromatic carbocycles. The topological polar surface area (TPSA) is 55.5 Å². The van der Waals surface area contributed by atoms with Crippen LogP contribution in [-0.4, -0.2) is 17.8 Å². The van der Waals surface area contributed by atoms with E-state index in [1.807, 2.05) is 24.3 Å². The van der Waals surface area contributed by atoms with E-state index in [1.165, 1.54) is 0 Å². The van der Waals surface area contributed by atoms with Crippen LogP contribution in [0.1, 0.15) is 19.3 Å².